The summed E-state index contributed by atoms with van der Waals surface area (Å²) in [5, 5.41) is 0.742. The molecule has 2 aromatic heterocycles. The van der Waals surface area contributed by atoms with E-state index in [2.05, 4.69) is 22.5 Å². The predicted octanol–water partition coefficient (Wildman–Crippen LogP) is 5.76. The zero-order chi connectivity index (χ0) is 21.1. The number of H-pyrrole nitrogens is 1. The zero-order valence-corrected chi connectivity index (χ0v) is 19.2. The van der Waals surface area contributed by atoms with Crippen molar-refractivity contribution < 1.29 is 14.0 Å². The van der Waals surface area contributed by atoms with Gasteiger partial charge >= 0.3 is 5.95 Å². The van der Waals surface area contributed by atoms with E-state index >= 15 is 0 Å². The monoisotopic (exact) mass is 458 g/mol. The fraction of sp³-hybridized carbons (Fsp3) is 0.182. The third-order valence-electron chi connectivity index (χ3n) is 4.74. The smallest absolute Gasteiger partial charge is 0.402 e. The van der Waals surface area contributed by atoms with Crippen molar-refractivity contribution in [2.45, 2.75) is 17.6 Å². The molecule has 0 aliphatic carbocycles. The van der Waals surface area contributed by atoms with Crippen molar-refractivity contribution in [3.8, 4) is 17.4 Å². The minimum atomic E-state index is 0.742. The van der Waals surface area contributed by atoms with Gasteiger partial charge in [-0.25, -0.2) is 9.55 Å². The standard InChI is InChI=1S/C22H21ClN3O2S2/c1-14-20(13-29-30-17-6-4-5-15(23)11-17)26(10-9-21(14)28-3)22-24-18-8-7-16(27-2)12-19(18)25-22/h4-12H,13H2,1-3H3,(H,24,25)/q+1. The number of hydrogen-bond acceptors (Lipinski definition) is 5. The van der Waals surface area contributed by atoms with Gasteiger partial charge < -0.3 is 9.47 Å². The maximum atomic E-state index is 6.11. The largest absolute Gasteiger partial charge is 0.497 e. The first kappa shape index (κ1) is 20.9. The van der Waals surface area contributed by atoms with Crippen LogP contribution in [0.2, 0.25) is 5.02 Å². The van der Waals surface area contributed by atoms with Crippen LogP contribution in [0.5, 0.6) is 11.5 Å². The molecule has 0 aliphatic rings. The van der Waals surface area contributed by atoms with E-state index in [-0.39, 0.29) is 0 Å². The quantitative estimate of drug-likeness (QED) is 0.282. The van der Waals surface area contributed by atoms with Crippen molar-refractivity contribution in [2.24, 2.45) is 0 Å². The first-order valence-corrected chi connectivity index (χ1v) is 12.0. The van der Waals surface area contributed by atoms with Crippen molar-refractivity contribution in [1.82, 2.24) is 9.97 Å². The van der Waals surface area contributed by atoms with Gasteiger partial charge in [0.05, 0.1) is 26.2 Å². The Kier molecular flexibility index (Phi) is 6.41. The maximum absolute atomic E-state index is 6.11. The van der Waals surface area contributed by atoms with Crippen LogP contribution in [-0.4, -0.2) is 24.2 Å². The number of halogens is 1. The normalized spacial score (nSPS) is 11.1. The Hall–Kier alpha value is -2.35. The van der Waals surface area contributed by atoms with Gasteiger partial charge in [-0.1, -0.05) is 44.2 Å². The Morgan fingerprint density at radius 2 is 1.97 bits per heavy atom. The SMILES string of the molecule is COc1ccc2nc(-[n+]3ccc(OC)c(C)c3CSSc3cccc(Cl)c3)[nH]c2c1. The molecule has 0 aliphatic heterocycles. The third kappa shape index (κ3) is 4.38. The Labute approximate surface area is 188 Å². The highest BCUT2D eigenvalue weighted by molar-refractivity contribution is 8.76. The number of nitrogens with zero attached hydrogens (tertiary/aromatic N) is 2. The molecule has 0 radical (unpaired) electrons. The van der Waals surface area contributed by atoms with Crippen molar-refractivity contribution in [1.29, 1.82) is 0 Å². The topological polar surface area (TPSA) is 51.0 Å². The second-order valence-corrected chi connectivity index (χ2v) is 9.38. The summed E-state index contributed by atoms with van der Waals surface area (Å²) < 4.78 is 13.0. The number of methoxy groups -OCH3 is 2. The number of pyridine rings is 1. The summed E-state index contributed by atoms with van der Waals surface area (Å²) in [6.07, 6.45) is 1.99. The second kappa shape index (κ2) is 9.20. The summed E-state index contributed by atoms with van der Waals surface area (Å²) in [4.78, 5) is 9.30. The van der Waals surface area contributed by atoms with Crippen molar-refractivity contribution in [3.05, 3.63) is 71.0 Å². The average Bonchev–Trinajstić information content (AvgIpc) is 3.17. The van der Waals surface area contributed by atoms with Gasteiger partial charge in [-0.3, -0.25) is 0 Å². The molecule has 30 heavy (non-hydrogen) atoms. The van der Waals surface area contributed by atoms with E-state index in [4.69, 9.17) is 26.1 Å². The zero-order valence-electron chi connectivity index (χ0n) is 16.8. The summed E-state index contributed by atoms with van der Waals surface area (Å²) in [5.74, 6) is 3.17. The van der Waals surface area contributed by atoms with E-state index in [9.17, 15) is 0 Å². The van der Waals surface area contributed by atoms with Crippen LogP contribution in [0.1, 0.15) is 11.3 Å². The van der Waals surface area contributed by atoms with Crippen LogP contribution in [0.4, 0.5) is 0 Å². The number of fused-ring (bicyclic) bond motifs is 1. The van der Waals surface area contributed by atoms with Crippen LogP contribution in [0, 0.1) is 6.92 Å². The highest BCUT2D eigenvalue weighted by Gasteiger charge is 2.21. The number of imidazole rings is 1. The first-order chi connectivity index (χ1) is 14.6. The molecule has 0 fully saturated rings. The fourth-order valence-electron chi connectivity index (χ4n) is 3.17. The van der Waals surface area contributed by atoms with E-state index in [1.165, 1.54) is 0 Å². The molecule has 1 N–H and O–H groups in total. The molecule has 4 aromatic rings. The predicted molar refractivity (Wildman–Crippen MR) is 124 cm³/mol. The second-order valence-electron chi connectivity index (χ2n) is 6.57. The number of aromatic amines is 1. The van der Waals surface area contributed by atoms with Crippen molar-refractivity contribution in [3.63, 3.8) is 0 Å². The molecular weight excluding hydrogens is 438 g/mol. The van der Waals surface area contributed by atoms with Gasteiger partial charge in [-0.05, 0) is 37.3 Å². The van der Waals surface area contributed by atoms with Crippen molar-refractivity contribution >= 4 is 44.2 Å². The highest BCUT2D eigenvalue weighted by Crippen LogP contribution is 2.35. The van der Waals surface area contributed by atoms with E-state index in [1.54, 1.807) is 35.8 Å². The molecule has 0 spiro atoms. The van der Waals surface area contributed by atoms with E-state index in [0.717, 1.165) is 55.4 Å². The van der Waals surface area contributed by atoms with Gasteiger partial charge in [0, 0.05) is 27.6 Å². The Morgan fingerprint density at radius 3 is 2.73 bits per heavy atom. The molecule has 154 valence electrons. The Bertz CT molecular complexity index is 1200. The lowest BCUT2D eigenvalue weighted by Gasteiger charge is -2.12. The van der Waals surface area contributed by atoms with E-state index in [0.29, 0.717) is 0 Å². The first-order valence-electron chi connectivity index (χ1n) is 9.26. The maximum Gasteiger partial charge on any atom is 0.402 e. The molecule has 0 unspecified atom stereocenters. The van der Waals surface area contributed by atoms with Crippen LogP contribution in [0.25, 0.3) is 17.0 Å². The summed E-state index contributed by atoms with van der Waals surface area (Å²) in [5.41, 5.74) is 4.01. The molecule has 8 heteroatoms. The Morgan fingerprint density at radius 1 is 1.10 bits per heavy atom. The minimum Gasteiger partial charge on any atom is -0.497 e. The Balaban J connectivity index is 1.67. The number of ether oxygens (including phenoxy) is 2. The minimum absolute atomic E-state index is 0.742. The molecule has 0 bridgehead atoms. The van der Waals surface area contributed by atoms with Gasteiger partial charge in [-0.15, -0.1) is 0 Å². The summed E-state index contributed by atoms with van der Waals surface area (Å²) in [6, 6.07) is 15.6. The molecule has 0 saturated heterocycles. The molecular formula is C22H21ClN3O2S2+. The molecule has 2 aromatic carbocycles. The summed E-state index contributed by atoms with van der Waals surface area (Å²) >= 11 is 6.11. The number of benzene rings is 2. The molecule has 0 atom stereocenters. The van der Waals surface area contributed by atoms with Gasteiger partial charge in [0.2, 0.25) is 0 Å². The van der Waals surface area contributed by atoms with Gasteiger partial charge in [0.1, 0.15) is 22.7 Å². The molecule has 0 saturated carbocycles. The van der Waals surface area contributed by atoms with Crippen LogP contribution in [0.3, 0.4) is 0 Å². The number of aromatic nitrogens is 3. The molecule has 2 heterocycles. The summed E-state index contributed by atoms with van der Waals surface area (Å²) in [7, 11) is 6.79. The lowest BCUT2D eigenvalue weighted by Crippen LogP contribution is -2.37. The van der Waals surface area contributed by atoms with E-state index < -0.39 is 0 Å². The van der Waals surface area contributed by atoms with Crippen LogP contribution in [-0.2, 0) is 5.75 Å². The highest BCUT2D eigenvalue weighted by atomic mass is 35.5. The van der Waals surface area contributed by atoms with E-state index in [1.807, 2.05) is 48.7 Å². The van der Waals surface area contributed by atoms with Crippen molar-refractivity contribution in [2.75, 3.05) is 14.2 Å². The van der Waals surface area contributed by atoms with Crippen LogP contribution < -0.4 is 14.0 Å². The number of rotatable bonds is 7. The number of hydrogen-bond donors (Lipinski definition) is 1. The van der Waals surface area contributed by atoms with Gasteiger partial charge in [0.25, 0.3) is 0 Å². The molecule has 5 nitrogen and oxygen atoms in total. The van der Waals surface area contributed by atoms with Gasteiger partial charge in [0.15, 0.2) is 5.52 Å². The average molecular weight is 459 g/mol. The molecule has 4 rings (SSSR count). The van der Waals surface area contributed by atoms with Crippen LogP contribution >= 0.6 is 33.2 Å². The fourth-order valence-corrected chi connectivity index (χ4v) is 5.62. The lowest BCUT2D eigenvalue weighted by atomic mass is 10.2. The summed E-state index contributed by atoms with van der Waals surface area (Å²) in [6.45, 7) is 2.07. The van der Waals surface area contributed by atoms with Gasteiger partial charge in [-0.2, -0.15) is 0 Å². The third-order valence-corrected chi connectivity index (χ3v) is 7.21. The number of nitrogens with one attached hydrogen (secondary N) is 1. The van der Waals surface area contributed by atoms with Crippen LogP contribution in [0.15, 0.2) is 59.6 Å². The lowest BCUT2D eigenvalue weighted by molar-refractivity contribution is -0.610. The molecule has 0 amide bonds.